The smallest absolute Gasteiger partial charge is 0.240 e. The number of hydrogen-bond donors (Lipinski definition) is 1. The zero-order chi connectivity index (χ0) is 18.7. The fraction of sp³-hybridized carbons (Fsp3) is 0.211. The standard InChI is InChI=1S/C19H19FN2O3S/c1-13-6-5-7-15(12-13)26(23,24)21-11-10-18-14(2)25-19(22-18)16-8-3-4-9-17(16)20/h3-9,12,21H,10-11H2,1-2H3. The van der Waals surface area contributed by atoms with Crippen molar-refractivity contribution in [1.82, 2.24) is 9.71 Å². The summed E-state index contributed by atoms with van der Waals surface area (Å²) >= 11 is 0. The van der Waals surface area contributed by atoms with Crippen LogP contribution in [0.1, 0.15) is 17.0 Å². The van der Waals surface area contributed by atoms with Gasteiger partial charge in [0.15, 0.2) is 0 Å². The Morgan fingerprint density at radius 2 is 1.88 bits per heavy atom. The molecule has 5 nitrogen and oxygen atoms in total. The third-order valence-corrected chi connectivity index (χ3v) is 5.41. The molecule has 136 valence electrons. The van der Waals surface area contributed by atoms with Crippen molar-refractivity contribution >= 4 is 10.0 Å². The van der Waals surface area contributed by atoms with Gasteiger partial charge in [-0.15, -0.1) is 0 Å². The third-order valence-electron chi connectivity index (χ3n) is 3.95. The van der Waals surface area contributed by atoms with Crippen LogP contribution in [0.5, 0.6) is 0 Å². The molecule has 2 aromatic carbocycles. The van der Waals surface area contributed by atoms with Crippen molar-refractivity contribution in [1.29, 1.82) is 0 Å². The Kier molecular flexibility index (Phi) is 5.20. The number of benzene rings is 2. The Bertz CT molecular complexity index is 1030. The molecule has 0 radical (unpaired) electrons. The van der Waals surface area contributed by atoms with Crippen molar-refractivity contribution < 1.29 is 17.2 Å². The highest BCUT2D eigenvalue weighted by Gasteiger charge is 2.17. The van der Waals surface area contributed by atoms with Crippen LogP contribution in [0, 0.1) is 19.7 Å². The Morgan fingerprint density at radius 3 is 2.62 bits per heavy atom. The van der Waals surface area contributed by atoms with Gasteiger partial charge in [-0.25, -0.2) is 22.5 Å². The molecule has 0 aliphatic carbocycles. The number of aryl methyl sites for hydroxylation is 2. The molecule has 3 rings (SSSR count). The molecule has 0 aliphatic heterocycles. The number of oxazole rings is 1. The van der Waals surface area contributed by atoms with Crippen molar-refractivity contribution in [3.8, 4) is 11.5 Å². The van der Waals surface area contributed by atoms with Gasteiger partial charge in [0.25, 0.3) is 0 Å². The zero-order valence-corrected chi connectivity index (χ0v) is 15.3. The van der Waals surface area contributed by atoms with Gasteiger partial charge < -0.3 is 4.42 Å². The molecule has 3 aromatic rings. The first-order valence-corrected chi connectivity index (χ1v) is 9.63. The number of sulfonamides is 1. The van der Waals surface area contributed by atoms with E-state index in [-0.39, 0.29) is 22.9 Å². The van der Waals surface area contributed by atoms with Gasteiger partial charge in [-0.3, -0.25) is 0 Å². The van der Waals surface area contributed by atoms with Crippen LogP contribution in [0.15, 0.2) is 57.8 Å². The molecule has 0 amide bonds. The monoisotopic (exact) mass is 374 g/mol. The molecule has 1 aromatic heterocycles. The molecular weight excluding hydrogens is 355 g/mol. The minimum Gasteiger partial charge on any atom is -0.441 e. The van der Waals surface area contributed by atoms with E-state index in [4.69, 9.17) is 4.42 Å². The Morgan fingerprint density at radius 1 is 1.12 bits per heavy atom. The van der Waals surface area contributed by atoms with Crippen molar-refractivity contribution in [3.05, 3.63) is 71.4 Å². The number of rotatable bonds is 6. The first-order chi connectivity index (χ1) is 12.4. The third kappa shape index (κ3) is 4.00. The predicted octanol–water partition coefficient (Wildman–Crippen LogP) is 3.62. The maximum Gasteiger partial charge on any atom is 0.240 e. The number of nitrogens with one attached hydrogen (secondary N) is 1. The second kappa shape index (κ2) is 7.39. The van der Waals surface area contributed by atoms with Crippen molar-refractivity contribution in [2.24, 2.45) is 0 Å². The molecule has 0 bridgehead atoms. The average molecular weight is 374 g/mol. The van der Waals surface area contributed by atoms with Crippen molar-refractivity contribution in [3.63, 3.8) is 0 Å². The van der Waals surface area contributed by atoms with Gasteiger partial charge in [-0.2, -0.15) is 0 Å². The highest BCUT2D eigenvalue weighted by atomic mass is 32.2. The van der Waals surface area contributed by atoms with E-state index in [9.17, 15) is 12.8 Å². The predicted molar refractivity (Wildman–Crippen MR) is 96.7 cm³/mol. The topological polar surface area (TPSA) is 72.2 Å². The molecule has 0 saturated heterocycles. The van der Waals surface area contributed by atoms with Gasteiger partial charge in [-0.05, 0) is 43.7 Å². The summed E-state index contributed by atoms with van der Waals surface area (Å²) in [6.45, 7) is 3.73. The van der Waals surface area contributed by atoms with Gasteiger partial charge in [0.2, 0.25) is 15.9 Å². The van der Waals surface area contributed by atoms with E-state index >= 15 is 0 Å². The number of hydrogen-bond acceptors (Lipinski definition) is 4. The summed E-state index contributed by atoms with van der Waals surface area (Å²) in [6, 6.07) is 12.9. The summed E-state index contributed by atoms with van der Waals surface area (Å²) in [6.07, 6.45) is 0.342. The number of halogens is 1. The second-order valence-electron chi connectivity index (χ2n) is 5.97. The molecule has 0 fully saturated rings. The summed E-state index contributed by atoms with van der Waals surface area (Å²) < 4.78 is 46.6. The molecule has 0 spiro atoms. The summed E-state index contributed by atoms with van der Waals surface area (Å²) in [4.78, 5) is 4.53. The van der Waals surface area contributed by atoms with Crippen LogP contribution in [0.3, 0.4) is 0 Å². The molecule has 26 heavy (non-hydrogen) atoms. The van der Waals surface area contributed by atoms with E-state index in [1.54, 1.807) is 43.3 Å². The van der Waals surface area contributed by atoms with Crippen LogP contribution >= 0.6 is 0 Å². The Labute approximate surface area is 151 Å². The first-order valence-electron chi connectivity index (χ1n) is 8.14. The van der Waals surface area contributed by atoms with E-state index in [1.807, 2.05) is 13.0 Å². The highest BCUT2D eigenvalue weighted by Crippen LogP contribution is 2.24. The lowest BCUT2D eigenvalue weighted by Gasteiger charge is -2.06. The maximum atomic E-state index is 13.9. The van der Waals surface area contributed by atoms with E-state index < -0.39 is 15.8 Å². The highest BCUT2D eigenvalue weighted by molar-refractivity contribution is 7.89. The number of nitrogens with zero attached hydrogens (tertiary/aromatic N) is 1. The zero-order valence-electron chi connectivity index (χ0n) is 14.5. The summed E-state index contributed by atoms with van der Waals surface area (Å²) in [5.41, 5.74) is 1.74. The minimum atomic E-state index is -3.59. The normalized spacial score (nSPS) is 11.7. The lowest BCUT2D eigenvalue weighted by Crippen LogP contribution is -2.26. The van der Waals surface area contributed by atoms with E-state index in [0.717, 1.165) is 5.56 Å². The lowest BCUT2D eigenvalue weighted by atomic mass is 10.2. The Balaban J connectivity index is 1.70. The molecule has 0 aliphatic rings. The summed E-state index contributed by atoms with van der Waals surface area (Å²) in [5.74, 6) is 0.315. The second-order valence-corrected chi connectivity index (χ2v) is 7.73. The fourth-order valence-electron chi connectivity index (χ4n) is 2.58. The van der Waals surface area contributed by atoms with Gasteiger partial charge >= 0.3 is 0 Å². The minimum absolute atomic E-state index is 0.167. The summed E-state index contributed by atoms with van der Waals surface area (Å²) in [5, 5.41) is 0. The van der Waals surface area contributed by atoms with E-state index in [0.29, 0.717) is 17.9 Å². The average Bonchev–Trinajstić information content (AvgIpc) is 2.96. The lowest BCUT2D eigenvalue weighted by molar-refractivity contribution is 0.531. The Hall–Kier alpha value is -2.51. The van der Waals surface area contributed by atoms with Gasteiger partial charge in [0.1, 0.15) is 11.6 Å². The van der Waals surface area contributed by atoms with Crippen LogP contribution < -0.4 is 4.72 Å². The summed E-state index contributed by atoms with van der Waals surface area (Å²) in [7, 11) is -3.59. The van der Waals surface area contributed by atoms with E-state index in [1.165, 1.54) is 6.07 Å². The fourth-order valence-corrected chi connectivity index (χ4v) is 3.72. The molecule has 0 unspecified atom stereocenters. The molecule has 0 atom stereocenters. The molecule has 1 heterocycles. The molecular formula is C19H19FN2O3S. The molecule has 1 N–H and O–H groups in total. The van der Waals surface area contributed by atoms with Gasteiger partial charge in [0.05, 0.1) is 16.2 Å². The van der Waals surface area contributed by atoms with Crippen LogP contribution in [-0.4, -0.2) is 19.9 Å². The van der Waals surface area contributed by atoms with Crippen LogP contribution in [0.4, 0.5) is 4.39 Å². The van der Waals surface area contributed by atoms with Crippen LogP contribution in [0.2, 0.25) is 0 Å². The van der Waals surface area contributed by atoms with E-state index in [2.05, 4.69) is 9.71 Å². The SMILES string of the molecule is Cc1cccc(S(=O)(=O)NCCc2nc(-c3ccccc3F)oc2C)c1. The van der Waals surface area contributed by atoms with Crippen molar-refractivity contribution in [2.45, 2.75) is 25.2 Å². The quantitative estimate of drug-likeness (QED) is 0.715. The number of aromatic nitrogens is 1. The van der Waals surface area contributed by atoms with Gasteiger partial charge in [-0.1, -0.05) is 24.3 Å². The molecule has 0 saturated carbocycles. The van der Waals surface area contributed by atoms with Crippen LogP contribution in [0.25, 0.3) is 11.5 Å². The molecule has 7 heteroatoms. The largest absolute Gasteiger partial charge is 0.441 e. The van der Waals surface area contributed by atoms with Crippen LogP contribution in [-0.2, 0) is 16.4 Å². The maximum absolute atomic E-state index is 13.9. The first kappa shape index (κ1) is 18.3. The van der Waals surface area contributed by atoms with Crippen molar-refractivity contribution in [2.75, 3.05) is 6.54 Å². The van der Waals surface area contributed by atoms with Gasteiger partial charge in [0, 0.05) is 13.0 Å².